The molecule has 1 aromatic rings. The molecule has 0 spiro atoms. The molecule has 0 saturated heterocycles. The first-order chi connectivity index (χ1) is 7.06. The second-order valence-corrected chi connectivity index (χ2v) is 3.73. The van der Waals surface area contributed by atoms with Crippen LogP contribution in [-0.2, 0) is 0 Å². The standard InChI is InChI=1S/C11H13ClFNO/c1-8(7-12)14(2)11(15)9-3-5-10(13)6-4-9/h3-6,8H,7H2,1-2H3. The molecule has 2 nitrogen and oxygen atoms in total. The first-order valence-electron chi connectivity index (χ1n) is 4.65. The fraction of sp³-hybridized carbons (Fsp3) is 0.364. The number of nitrogens with zero attached hydrogens (tertiary/aromatic N) is 1. The minimum absolute atomic E-state index is 0.0378. The number of halogens is 2. The summed E-state index contributed by atoms with van der Waals surface area (Å²) in [6.45, 7) is 1.86. The Kier molecular flexibility index (Phi) is 4.09. The highest BCUT2D eigenvalue weighted by atomic mass is 35.5. The van der Waals surface area contributed by atoms with Crippen LogP contribution >= 0.6 is 11.6 Å². The molecule has 0 bridgehead atoms. The van der Waals surface area contributed by atoms with E-state index in [1.807, 2.05) is 6.92 Å². The van der Waals surface area contributed by atoms with E-state index in [4.69, 9.17) is 11.6 Å². The highest BCUT2D eigenvalue weighted by molar-refractivity contribution is 6.18. The molecule has 0 N–H and O–H groups in total. The molecule has 0 saturated carbocycles. The van der Waals surface area contributed by atoms with Crippen molar-refractivity contribution in [2.24, 2.45) is 0 Å². The summed E-state index contributed by atoms with van der Waals surface area (Å²) in [5.74, 6) is -0.119. The normalized spacial score (nSPS) is 12.3. The van der Waals surface area contributed by atoms with Crippen molar-refractivity contribution in [3.05, 3.63) is 35.6 Å². The second kappa shape index (κ2) is 5.12. The van der Waals surface area contributed by atoms with Crippen LogP contribution in [0.4, 0.5) is 4.39 Å². The lowest BCUT2D eigenvalue weighted by Gasteiger charge is -2.23. The third-order valence-corrected chi connectivity index (χ3v) is 2.74. The minimum Gasteiger partial charge on any atom is -0.338 e. The van der Waals surface area contributed by atoms with Gasteiger partial charge in [-0.25, -0.2) is 4.39 Å². The SMILES string of the molecule is CC(CCl)N(C)C(=O)c1ccc(F)cc1. The van der Waals surface area contributed by atoms with Crippen LogP contribution in [0.25, 0.3) is 0 Å². The molecule has 0 fully saturated rings. The Labute approximate surface area is 93.6 Å². The highest BCUT2D eigenvalue weighted by Gasteiger charge is 2.16. The average Bonchev–Trinajstić information content (AvgIpc) is 2.27. The van der Waals surface area contributed by atoms with E-state index in [0.29, 0.717) is 11.4 Å². The van der Waals surface area contributed by atoms with E-state index in [0.717, 1.165) is 0 Å². The summed E-state index contributed by atoms with van der Waals surface area (Å²) in [6, 6.07) is 5.44. The molecule has 4 heteroatoms. The van der Waals surface area contributed by atoms with Gasteiger partial charge in [-0.1, -0.05) is 0 Å². The average molecular weight is 230 g/mol. The van der Waals surface area contributed by atoms with Gasteiger partial charge in [0.2, 0.25) is 0 Å². The van der Waals surface area contributed by atoms with E-state index >= 15 is 0 Å². The fourth-order valence-corrected chi connectivity index (χ4v) is 1.31. The van der Waals surface area contributed by atoms with Crippen molar-refractivity contribution in [2.45, 2.75) is 13.0 Å². The lowest BCUT2D eigenvalue weighted by molar-refractivity contribution is 0.0756. The molecule has 15 heavy (non-hydrogen) atoms. The van der Waals surface area contributed by atoms with Crippen LogP contribution in [0.1, 0.15) is 17.3 Å². The van der Waals surface area contributed by atoms with E-state index in [2.05, 4.69) is 0 Å². The van der Waals surface area contributed by atoms with Gasteiger partial charge in [-0.2, -0.15) is 0 Å². The first-order valence-corrected chi connectivity index (χ1v) is 5.18. The summed E-state index contributed by atoms with van der Waals surface area (Å²) in [5.41, 5.74) is 0.468. The van der Waals surface area contributed by atoms with Crippen molar-refractivity contribution in [3.8, 4) is 0 Å². The van der Waals surface area contributed by atoms with E-state index in [9.17, 15) is 9.18 Å². The number of amides is 1. The van der Waals surface area contributed by atoms with Crippen LogP contribution in [0.2, 0.25) is 0 Å². The van der Waals surface area contributed by atoms with Crippen molar-refractivity contribution in [2.75, 3.05) is 12.9 Å². The van der Waals surface area contributed by atoms with Gasteiger partial charge in [0.25, 0.3) is 5.91 Å². The number of benzene rings is 1. The third kappa shape index (κ3) is 2.93. The molecule has 1 unspecified atom stereocenters. The number of hydrogen-bond donors (Lipinski definition) is 0. The Balaban J connectivity index is 2.80. The van der Waals surface area contributed by atoms with Gasteiger partial charge >= 0.3 is 0 Å². The zero-order valence-electron chi connectivity index (χ0n) is 8.71. The molecule has 0 heterocycles. The molecule has 1 rings (SSSR count). The predicted octanol–water partition coefficient (Wildman–Crippen LogP) is 2.53. The van der Waals surface area contributed by atoms with Gasteiger partial charge in [0.15, 0.2) is 0 Å². The molecule has 1 aromatic carbocycles. The number of carbonyl (C=O) groups excluding carboxylic acids is 1. The summed E-state index contributed by atoms with van der Waals surface area (Å²) < 4.78 is 12.6. The smallest absolute Gasteiger partial charge is 0.253 e. The van der Waals surface area contributed by atoms with Crippen LogP contribution in [-0.4, -0.2) is 29.8 Å². The fourth-order valence-electron chi connectivity index (χ4n) is 1.10. The zero-order valence-corrected chi connectivity index (χ0v) is 9.46. The molecule has 0 aliphatic heterocycles. The van der Waals surface area contributed by atoms with E-state index < -0.39 is 0 Å². The summed E-state index contributed by atoms with van der Waals surface area (Å²) in [5, 5.41) is 0. The van der Waals surface area contributed by atoms with Crippen LogP contribution in [0.3, 0.4) is 0 Å². The molecule has 1 atom stereocenters. The molecule has 0 aromatic heterocycles. The summed E-state index contributed by atoms with van der Waals surface area (Å²) >= 11 is 5.65. The van der Waals surface area contributed by atoms with Gasteiger partial charge < -0.3 is 4.90 Å². The van der Waals surface area contributed by atoms with Gasteiger partial charge in [-0.15, -0.1) is 11.6 Å². The highest BCUT2D eigenvalue weighted by Crippen LogP contribution is 2.08. The monoisotopic (exact) mass is 229 g/mol. The number of hydrogen-bond acceptors (Lipinski definition) is 1. The van der Waals surface area contributed by atoms with Crippen LogP contribution in [0.5, 0.6) is 0 Å². The zero-order chi connectivity index (χ0) is 11.4. The lowest BCUT2D eigenvalue weighted by Crippen LogP contribution is -2.36. The molecule has 0 aliphatic carbocycles. The summed E-state index contributed by atoms with van der Waals surface area (Å²) in [6.07, 6.45) is 0. The number of alkyl halides is 1. The van der Waals surface area contributed by atoms with E-state index in [-0.39, 0.29) is 17.8 Å². The van der Waals surface area contributed by atoms with E-state index in [1.54, 1.807) is 11.9 Å². The van der Waals surface area contributed by atoms with Gasteiger partial charge in [-0.3, -0.25) is 4.79 Å². The quantitative estimate of drug-likeness (QED) is 0.730. The molecule has 82 valence electrons. The van der Waals surface area contributed by atoms with Gasteiger partial charge in [0.05, 0.1) is 0 Å². The van der Waals surface area contributed by atoms with Gasteiger partial charge in [-0.05, 0) is 31.2 Å². The number of rotatable bonds is 3. The Morgan fingerprint density at radius 3 is 2.47 bits per heavy atom. The van der Waals surface area contributed by atoms with Crippen LogP contribution in [0, 0.1) is 5.82 Å². The minimum atomic E-state index is -0.348. The third-order valence-electron chi connectivity index (χ3n) is 2.30. The van der Waals surface area contributed by atoms with Crippen LogP contribution < -0.4 is 0 Å². The first kappa shape index (κ1) is 12.0. The molecular weight excluding hydrogens is 217 g/mol. The summed E-state index contributed by atoms with van der Waals surface area (Å²) in [4.78, 5) is 13.3. The maximum atomic E-state index is 12.6. The van der Waals surface area contributed by atoms with Crippen molar-refractivity contribution in [1.29, 1.82) is 0 Å². The molecule has 0 aliphatic rings. The topological polar surface area (TPSA) is 20.3 Å². The number of carbonyl (C=O) groups is 1. The van der Waals surface area contributed by atoms with Gasteiger partial charge in [0, 0.05) is 24.5 Å². The van der Waals surface area contributed by atoms with Crippen LogP contribution in [0.15, 0.2) is 24.3 Å². The van der Waals surface area contributed by atoms with Crippen molar-refractivity contribution < 1.29 is 9.18 Å². The predicted molar refractivity (Wildman–Crippen MR) is 58.7 cm³/mol. The van der Waals surface area contributed by atoms with E-state index in [1.165, 1.54) is 24.3 Å². The Morgan fingerprint density at radius 1 is 1.47 bits per heavy atom. The molecule has 0 radical (unpaired) electrons. The van der Waals surface area contributed by atoms with Crippen molar-refractivity contribution in [1.82, 2.24) is 4.90 Å². The molecule has 1 amide bonds. The Morgan fingerprint density at radius 2 is 2.00 bits per heavy atom. The Hall–Kier alpha value is -1.09. The lowest BCUT2D eigenvalue weighted by atomic mass is 10.2. The Bertz CT molecular complexity index is 339. The second-order valence-electron chi connectivity index (χ2n) is 3.43. The maximum absolute atomic E-state index is 12.6. The van der Waals surface area contributed by atoms with Gasteiger partial charge in [0.1, 0.15) is 5.82 Å². The largest absolute Gasteiger partial charge is 0.338 e. The maximum Gasteiger partial charge on any atom is 0.253 e. The van der Waals surface area contributed by atoms with Crippen molar-refractivity contribution in [3.63, 3.8) is 0 Å². The molecular formula is C11H13ClFNO. The van der Waals surface area contributed by atoms with Crippen molar-refractivity contribution >= 4 is 17.5 Å². The summed E-state index contributed by atoms with van der Waals surface area (Å²) in [7, 11) is 1.68.